The highest BCUT2D eigenvalue weighted by atomic mass is 35.5. The molecule has 0 saturated carbocycles. The van der Waals surface area contributed by atoms with Gasteiger partial charge in [0.25, 0.3) is 0 Å². The molecule has 1 unspecified atom stereocenters. The molecule has 1 atom stereocenters. The molecule has 1 N–H and O–H groups in total. The summed E-state index contributed by atoms with van der Waals surface area (Å²) < 4.78 is 39.1. The monoisotopic (exact) mass is 348 g/mol. The van der Waals surface area contributed by atoms with E-state index in [1.807, 2.05) is 0 Å². The topological polar surface area (TPSA) is 49.4 Å². The highest BCUT2D eigenvalue weighted by molar-refractivity contribution is 7.88. The molecule has 124 valence electrons. The zero-order valence-corrected chi connectivity index (χ0v) is 14.5. The molecule has 0 spiro atoms. The average Bonchev–Trinajstić information content (AvgIpc) is 2.45. The molecular weight excluding hydrogens is 327 g/mol. The smallest absolute Gasteiger partial charge is 0.208 e. The van der Waals surface area contributed by atoms with Crippen molar-refractivity contribution in [3.05, 3.63) is 34.1 Å². The largest absolute Gasteiger partial charge is 0.299 e. The van der Waals surface area contributed by atoms with E-state index >= 15 is 0 Å². The van der Waals surface area contributed by atoms with Crippen LogP contribution in [0.5, 0.6) is 0 Å². The molecule has 1 heterocycles. The van der Waals surface area contributed by atoms with Crippen molar-refractivity contribution in [3.8, 4) is 0 Å². The minimum absolute atomic E-state index is 0.245. The molecule has 0 aliphatic carbocycles. The lowest BCUT2D eigenvalue weighted by Crippen LogP contribution is -2.40. The molecule has 1 saturated heterocycles. The van der Waals surface area contributed by atoms with Crippen molar-refractivity contribution >= 4 is 21.6 Å². The Hall–Kier alpha value is -0.690. The van der Waals surface area contributed by atoms with Gasteiger partial charge >= 0.3 is 0 Å². The van der Waals surface area contributed by atoms with Crippen LogP contribution in [0.3, 0.4) is 0 Å². The number of aryl methyl sites for hydroxylation is 1. The van der Waals surface area contributed by atoms with E-state index in [4.69, 9.17) is 11.6 Å². The number of nitrogens with one attached hydrogen (secondary N) is 1. The third-order valence-electron chi connectivity index (χ3n) is 4.00. The first-order valence-electron chi connectivity index (χ1n) is 7.36. The van der Waals surface area contributed by atoms with Crippen molar-refractivity contribution in [2.75, 3.05) is 25.9 Å². The number of hydrogen-bond acceptors (Lipinski definition) is 3. The van der Waals surface area contributed by atoms with Crippen LogP contribution in [-0.4, -0.2) is 39.2 Å². The van der Waals surface area contributed by atoms with Gasteiger partial charge in [0.1, 0.15) is 5.82 Å². The molecule has 0 bridgehead atoms. The first kappa shape index (κ1) is 17.7. The van der Waals surface area contributed by atoms with E-state index < -0.39 is 10.0 Å². The van der Waals surface area contributed by atoms with Gasteiger partial charge in [-0.1, -0.05) is 17.7 Å². The Morgan fingerprint density at radius 2 is 2.18 bits per heavy atom. The Labute approximate surface area is 136 Å². The van der Waals surface area contributed by atoms with Gasteiger partial charge in [-0.05, 0) is 43.9 Å². The van der Waals surface area contributed by atoms with Gasteiger partial charge < -0.3 is 0 Å². The summed E-state index contributed by atoms with van der Waals surface area (Å²) in [6.45, 7) is 4.23. The van der Waals surface area contributed by atoms with E-state index in [1.54, 1.807) is 19.1 Å². The van der Waals surface area contributed by atoms with E-state index in [1.165, 1.54) is 0 Å². The highest BCUT2D eigenvalue weighted by Crippen LogP contribution is 2.26. The van der Waals surface area contributed by atoms with Crippen molar-refractivity contribution in [1.82, 2.24) is 9.62 Å². The number of halogens is 2. The summed E-state index contributed by atoms with van der Waals surface area (Å²) in [7, 11) is -3.17. The predicted octanol–water partition coefficient (Wildman–Crippen LogP) is 2.55. The van der Waals surface area contributed by atoms with Crippen molar-refractivity contribution in [1.29, 1.82) is 0 Å². The summed E-state index contributed by atoms with van der Waals surface area (Å²) in [5.74, 6) is -0.000921. The van der Waals surface area contributed by atoms with Crippen molar-refractivity contribution in [2.24, 2.45) is 5.92 Å². The summed E-state index contributed by atoms with van der Waals surface area (Å²) in [6.07, 6.45) is 3.11. The summed E-state index contributed by atoms with van der Waals surface area (Å²) in [5, 5.41) is 0.444. The number of hydrogen-bond donors (Lipinski definition) is 1. The molecule has 1 fully saturated rings. The second-order valence-electron chi connectivity index (χ2n) is 6.02. The van der Waals surface area contributed by atoms with Crippen LogP contribution in [0.2, 0.25) is 5.02 Å². The molecule has 1 aliphatic heterocycles. The SMILES string of the molecule is Cc1ccc(Cl)c(CN2CCCC(CNS(C)(=O)=O)C2)c1F. The van der Waals surface area contributed by atoms with E-state index in [2.05, 4.69) is 9.62 Å². The Morgan fingerprint density at radius 3 is 2.86 bits per heavy atom. The normalized spacial score (nSPS) is 20.3. The van der Waals surface area contributed by atoms with Gasteiger partial charge in [0.05, 0.1) is 6.26 Å². The van der Waals surface area contributed by atoms with Crippen molar-refractivity contribution in [2.45, 2.75) is 26.3 Å². The Morgan fingerprint density at radius 1 is 1.45 bits per heavy atom. The number of sulfonamides is 1. The van der Waals surface area contributed by atoms with Gasteiger partial charge in [0.2, 0.25) is 10.0 Å². The lowest BCUT2D eigenvalue weighted by Gasteiger charge is -2.33. The van der Waals surface area contributed by atoms with E-state index in [0.29, 0.717) is 29.2 Å². The van der Waals surface area contributed by atoms with Crippen LogP contribution in [0.4, 0.5) is 4.39 Å². The number of rotatable bonds is 5. The summed E-state index contributed by atoms with van der Waals surface area (Å²) in [5.41, 5.74) is 1.12. The molecule has 22 heavy (non-hydrogen) atoms. The Bertz CT molecular complexity index is 637. The summed E-state index contributed by atoms with van der Waals surface area (Å²) in [4.78, 5) is 2.14. The second kappa shape index (κ2) is 7.25. The molecule has 1 aromatic carbocycles. The zero-order valence-electron chi connectivity index (χ0n) is 12.9. The molecule has 0 radical (unpaired) electrons. The van der Waals surface area contributed by atoms with Crippen LogP contribution in [0.15, 0.2) is 12.1 Å². The summed E-state index contributed by atoms with van der Waals surface area (Å²) >= 11 is 6.12. The minimum atomic E-state index is -3.17. The van der Waals surface area contributed by atoms with E-state index in [9.17, 15) is 12.8 Å². The maximum atomic E-state index is 14.2. The van der Waals surface area contributed by atoms with Crippen molar-refractivity contribution in [3.63, 3.8) is 0 Å². The lowest BCUT2D eigenvalue weighted by molar-refractivity contribution is 0.167. The van der Waals surface area contributed by atoms with Gasteiger partial charge in [0, 0.05) is 30.2 Å². The quantitative estimate of drug-likeness (QED) is 0.889. The molecule has 1 aliphatic rings. The first-order chi connectivity index (χ1) is 10.3. The Kier molecular flexibility index (Phi) is 5.82. The summed E-state index contributed by atoms with van der Waals surface area (Å²) in [6, 6.07) is 3.40. The second-order valence-corrected chi connectivity index (χ2v) is 8.26. The minimum Gasteiger partial charge on any atom is -0.299 e. The van der Waals surface area contributed by atoms with E-state index in [0.717, 1.165) is 32.2 Å². The Balaban J connectivity index is 2.00. The highest BCUT2D eigenvalue weighted by Gasteiger charge is 2.22. The fourth-order valence-electron chi connectivity index (χ4n) is 2.81. The molecular formula is C15H22ClFN2O2S. The van der Waals surface area contributed by atoms with Crippen LogP contribution in [-0.2, 0) is 16.6 Å². The number of likely N-dealkylation sites (tertiary alicyclic amines) is 1. The fourth-order valence-corrected chi connectivity index (χ4v) is 3.56. The van der Waals surface area contributed by atoms with Crippen LogP contribution in [0.25, 0.3) is 0 Å². The van der Waals surface area contributed by atoms with Crippen LogP contribution < -0.4 is 4.72 Å². The van der Waals surface area contributed by atoms with Crippen LogP contribution in [0.1, 0.15) is 24.0 Å². The zero-order chi connectivity index (χ0) is 16.3. The van der Waals surface area contributed by atoms with Crippen LogP contribution >= 0.6 is 11.6 Å². The van der Waals surface area contributed by atoms with Gasteiger partial charge in [0.15, 0.2) is 0 Å². The third kappa shape index (κ3) is 4.91. The predicted molar refractivity (Wildman–Crippen MR) is 87.0 cm³/mol. The maximum absolute atomic E-state index is 14.2. The number of piperidine rings is 1. The number of nitrogens with zero attached hydrogens (tertiary/aromatic N) is 1. The van der Waals surface area contributed by atoms with Gasteiger partial charge in [-0.2, -0.15) is 0 Å². The standard InChI is InChI=1S/C15H22ClFN2O2S/c1-11-5-6-14(16)13(15(11)17)10-19-7-3-4-12(9-19)8-18-22(2,20)21/h5-6,12,18H,3-4,7-10H2,1-2H3. The van der Waals surface area contributed by atoms with Gasteiger partial charge in [-0.25, -0.2) is 17.5 Å². The third-order valence-corrected chi connectivity index (χ3v) is 5.04. The van der Waals surface area contributed by atoms with Crippen LogP contribution in [0, 0.1) is 18.7 Å². The molecule has 2 rings (SSSR count). The fraction of sp³-hybridized carbons (Fsp3) is 0.600. The molecule has 0 amide bonds. The van der Waals surface area contributed by atoms with Gasteiger partial charge in [-0.3, -0.25) is 4.90 Å². The number of benzene rings is 1. The maximum Gasteiger partial charge on any atom is 0.208 e. The first-order valence-corrected chi connectivity index (χ1v) is 9.63. The van der Waals surface area contributed by atoms with E-state index in [-0.39, 0.29) is 11.7 Å². The molecule has 4 nitrogen and oxygen atoms in total. The van der Waals surface area contributed by atoms with Gasteiger partial charge in [-0.15, -0.1) is 0 Å². The average molecular weight is 349 g/mol. The lowest BCUT2D eigenvalue weighted by atomic mass is 9.97. The van der Waals surface area contributed by atoms with Crippen molar-refractivity contribution < 1.29 is 12.8 Å². The molecule has 7 heteroatoms. The molecule has 1 aromatic rings. The molecule has 0 aromatic heterocycles.